The number of amides is 1. The number of thiocarbonyl (C=S) groups is 1. The summed E-state index contributed by atoms with van der Waals surface area (Å²) in [6.45, 7) is 3.81. The first-order chi connectivity index (χ1) is 9.98. The van der Waals surface area contributed by atoms with Crippen molar-refractivity contribution in [1.29, 1.82) is 0 Å². The molecule has 1 saturated heterocycles. The maximum Gasteiger partial charge on any atom is 0.252 e. The lowest BCUT2D eigenvalue weighted by atomic mass is 9.87. The number of aryl methyl sites for hydroxylation is 1. The molecule has 2 rings (SSSR count). The molecule has 0 aromatic heterocycles. The molecule has 0 spiro atoms. The Morgan fingerprint density at radius 2 is 2.00 bits per heavy atom. The number of hydrogen-bond acceptors (Lipinski definition) is 3. The highest BCUT2D eigenvalue weighted by Crippen LogP contribution is 2.23. The molecule has 0 unspecified atom stereocenters. The summed E-state index contributed by atoms with van der Waals surface area (Å²) in [4.78, 5) is 15.3. The van der Waals surface area contributed by atoms with Gasteiger partial charge in [0.2, 0.25) is 0 Å². The van der Waals surface area contributed by atoms with Crippen molar-refractivity contribution in [3.8, 4) is 0 Å². The Morgan fingerprint density at radius 3 is 2.57 bits per heavy atom. The first kappa shape index (κ1) is 15.9. The molecule has 3 N–H and O–H groups in total. The van der Waals surface area contributed by atoms with Crippen molar-refractivity contribution >= 4 is 23.1 Å². The van der Waals surface area contributed by atoms with Crippen LogP contribution in [0.25, 0.3) is 0 Å². The monoisotopic (exact) mass is 305 g/mol. The maximum atomic E-state index is 12.6. The molecule has 4 nitrogen and oxygen atoms in total. The number of nitrogens with one attached hydrogen (secondary N) is 1. The number of rotatable bonds is 4. The van der Waals surface area contributed by atoms with Crippen LogP contribution in [0.15, 0.2) is 24.3 Å². The Bertz CT molecular complexity index is 536. The van der Waals surface area contributed by atoms with Crippen LogP contribution in [0.3, 0.4) is 0 Å². The molecule has 5 heteroatoms. The van der Waals surface area contributed by atoms with Gasteiger partial charge in [0.15, 0.2) is 0 Å². The van der Waals surface area contributed by atoms with Crippen molar-refractivity contribution in [3.05, 3.63) is 35.4 Å². The highest BCUT2D eigenvalue weighted by molar-refractivity contribution is 7.80. The van der Waals surface area contributed by atoms with Crippen molar-refractivity contribution in [2.75, 3.05) is 20.1 Å². The van der Waals surface area contributed by atoms with E-state index >= 15 is 0 Å². The van der Waals surface area contributed by atoms with E-state index in [-0.39, 0.29) is 5.91 Å². The minimum atomic E-state index is -0.556. The number of carbonyl (C=O) groups excluding carboxylic acids is 1. The fourth-order valence-electron chi connectivity index (χ4n) is 2.77. The molecule has 1 fully saturated rings. The van der Waals surface area contributed by atoms with E-state index in [1.807, 2.05) is 31.2 Å². The van der Waals surface area contributed by atoms with Gasteiger partial charge in [0.1, 0.15) is 0 Å². The fraction of sp³-hybridized carbons (Fsp3) is 0.500. The minimum Gasteiger partial charge on any atom is -0.391 e. The van der Waals surface area contributed by atoms with Crippen molar-refractivity contribution in [2.45, 2.75) is 31.7 Å². The van der Waals surface area contributed by atoms with Gasteiger partial charge in [-0.1, -0.05) is 37.3 Å². The van der Waals surface area contributed by atoms with E-state index in [1.54, 1.807) is 0 Å². The molecule has 0 radical (unpaired) electrons. The van der Waals surface area contributed by atoms with Gasteiger partial charge in [-0.2, -0.15) is 0 Å². The summed E-state index contributed by atoms with van der Waals surface area (Å²) in [5, 5.41) is 3.11. The van der Waals surface area contributed by atoms with Gasteiger partial charge in [-0.05, 0) is 37.9 Å². The van der Waals surface area contributed by atoms with E-state index in [9.17, 15) is 4.79 Å². The smallest absolute Gasteiger partial charge is 0.252 e. The number of hydrogen-bond donors (Lipinski definition) is 2. The number of benzene rings is 1. The minimum absolute atomic E-state index is 0.0789. The second-order valence-corrected chi connectivity index (χ2v) is 6.15. The van der Waals surface area contributed by atoms with Crippen LogP contribution in [0.1, 0.15) is 35.7 Å². The number of likely N-dealkylation sites (tertiary alicyclic amines) is 1. The lowest BCUT2D eigenvalue weighted by Gasteiger charge is -2.40. The zero-order chi connectivity index (χ0) is 15.5. The van der Waals surface area contributed by atoms with Gasteiger partial charge in [-0.3, -0.25) is 4.79 Å². The highest BCUT2D eigenvalue weighted by atomic mass is 32.1. The molecule has 1 heterocycles. The molecule has 21 heavy (non-hydrogen) atoms. The summed E-state index contributed by atoms with van der Waals surface area (Å²) < 4.78 is 0. The molecular weight excluding hydrogens is 282 g/mol. The van der Waals surface area contributed by atoms with Gasteiger partial charge < -0.3 is 16.0 Å². The van der Waals surface area contributed by atoms with Crippen molar-refractivity contribution in [3.63, 3.8) is 0 Å². The Hall–Kier alpha value is -1.46. The Balaban J connectivity index is 2.21. The molecule has 0 aliphatic carbocycles. The summed E-state index contributed by atoms with van der Waals surface area (Å²) in [6, 6.07) is 7.68. The van der Waals surface area contributed by atoms with Crippen LogP contribution in [0.5, 0.6) is 0 Å². The maximum absolute atomic E-state index is 12.6. The van der Waals surface area contributed by atoms with Gasteiger partial charge in [-0.25, -0.2) is 0 Å². The fourth-order valence-corrected chi connectivity index (χ4v) is 3.02. The summed E-state index contributed by atoms with van der Waals surface area (Å²) >= 11 is 5.24. The molecule has 0 bridgehead atoms. The van der Waals surface area contributed by atoms with Gasteiger partial charge in [0.05, 0.1) is 10.5 Å². The standard InChI is InChI=1S/C16H23N3OS/c1-3-12-6-4-5-7-13(12)14(20)18-16(15(17)21)8-10-19(2)11-9-16/h4-7H,3,8-11H2,1-2H3,(H2,17,21)(H,18,20). The van der Waals surface area contributed by atoms with Crippen LogP contribution >= 0.6 is 12.2 Å². The van der Waals surface area contributed by atoms with Gasteiger partial charge in [0, 0.05) is 18.7 Å². The van der Waals surface area contributed by atoms with Gasteiger partial charge in [-0.15, -0.1) is 0 Å². The Kier molecular flexibility index (Phi) is 4.96. The lowest BCUT2D eigenvalue weighted by molar-refractivity contribution is 0.0889. The summed E-state index contributed by atoms with van der Waals surface area (Å²) in [5.41, 5.74) is 7.15. The van der Waals surface area contributed by atoms with Crippen molar-refractivity contribution in [1.82, 2.24) is 10.2 Å². The molecule has 1 aliphatic rings. The van der Waals surface area contributed by atoms with Crippen LogP contribution < -0.4 is 11.1 Å². The number of piperidine rings is 1. The normalized spacial score (nSPS) is 18.2. The topological polar surface area (TPSA) is 58.4 Å². The molecule has 1 amide bonds. The van der Waals surface area contributed by atoms with Crippen molar-refractivity contribution < 1.29 is 4.79 Å². The third-order valence-electron chi connectivity index (χ3n) is 4.31. The molecule has 1 aromatic carbocycles. The quantitative estimate of drug-likeness (QED) is 0.832. The highest BCUT2D eigenvalue weighted by Gasteiger charge is 2.38. The van der Waals surface area contributed by atoms with Crippen LogP contribution in [-0.4, -0.2) is 41.5 Å². The summed E-state index contributed by atoms with van der Waals surface area (Å²) in [7, 11) is 2.07. The average molecular weight is 305 g/mol. The third-order valence-corrected chi connectivity index (χ3v) is 4.70. The first-order valence-electron chi connectivity index (χ1n) is 7.37. The average Bonchev–Trinajstić information content (AvgIpc) is 2.49. The van der Waals surface area contributed by atoms with Crippen LogP contribution in [-0.2, 0) is 6.42 Å². The van der Waals surface area contributed by atoms with Crippen LogP contribution in [0.4, 0.5) is 0 Å². The molecule has 114 valence electrons. The number of carbonyl (C=O) groups is 1. The second-order valence-electron chi connectivity index (χ2n) is 5.71. The summed E-state index contributed by atoms with van der Waals surface area (Å²) in [5.74, 6) is -0.0789. The third kappa shape index (κ3) is 3.41. The largest absolute Gasteiger partial charge is 0.391 e. The van der Waals surface area contributed by atoms with Gasteiger partial charge >= 0.3 is 0 Å². The number of nitrogens with zero attached hydrogens (tertiary/aromatic N) is 1. The van der Waals surface area contributed by atoms with E-state index < -0.39 is 5.54 Å². The Morgan fingerprint density at radius 1 is 1.38 bits per heavy atom. The molecular formula is C16H23N3OS. The predicted octanol–water partition coefficient (Wildman–Crippen LogP) is 1.73. The Labute approximate surface area is 131 Å². The molecule has 0 saturated carbocycles. The lowest BCUT2D eigenvalue weighted by Crippen LogP contribution is -2.61. The zero-order valence-corrected chi connectivity index (χ0v) is 13.5. The van der Waals surface area contributed by atoms with Gasteiger partial charge in [0.25, 0.3) is 5.91 Å². The van der Waals surface area contributed by atoms with Crippen LogP contribution in [0, 0.1) is 0 Å². The molecule has 1 aromatic rings. The van der Waals surface area contributed by atoms with E-state index in [0.29, 0.717) is 4.99 Å². The van der Waals surface area contributed by atoms with Crippen LogP contribution in [0.2, 0.25) is 0 Å². The molecule has 1 aliphatic heterocycles. The van der Waals surface area contributed by atoms with E-state index in [0.717, 1.165) is 43.5 Å². The zero-order valence-electron chi connectivity index (χ0n) is 12.7. The first-order valence-corrected chi connectivity index (χ1v) is 7.78. The molecule has 0 atom stereocenters. The second kappa shape index (κ2) is 6.54. The van der Waals surface area contributed by atoms with E-state index in [2.05, 4.69) is 17.3 Å². The number of nitrogens with two attached hydrogens (primary N) is 1. The van der Waals surface area contributed by atoms with Crippen molar-refractivity contribution in [2.24, 2.45) is 5.73 Å². The SMILES string of the molecule is CCc1ccccc1C(=O)NC1(C(N)=S)CCN(C)CC1. The van der Waals surface area contributed by atoms with E-state index in [4.69, 9.17) is 18.0 Å². The summed E-state index contributed by atoms with van der Waals surface area (Å²) in [6.07, 6.45) is 2.35. The van der Waals surface area contributed by atoms with E-state index in [1.165, 1.54) is 0 Å². The predicted molar refractivity (Wildman–Crippen MR) is 89.5 cm³/mol.